The molecule has 0 bridgehead atoms. The minimum absolute atomic E-state index is 0.281. The summed E-state index contributed by atoms with van der Waals surface area (Å²) in [6, 6.07) is 0.658. The van der Waals surface area contributed by atoms with E-state index in [0.717, 1.165) is 19.4 Å². The van der Waals surface area contributed by atoms with Crippen molar-refractivity contribution in [3.05, 3.63) is 0 Å². The first-order valence-corrected chi connectivity index (χ1v) is 5.85. The van der Waals surface area contributed by atoms with E-state index in [-0.39, 0.29) is 5.91 Å². The van der Waals surface area contributed by atoms with Crippen LogP contribution in [0.25, 0.3) is 0 Å². The van der Waals surface area contributed by atoms with Crippen molar-refractivity contribution >= 4 is 5.91 Å². The molecule has 3 N–H and O–H groups in total. The van der Waals surface area contributed by atoms with Crippen LogP contribution in [0.5, 0.6) is 0 Å². The average molecular weight is 214 g/mol. The second-order valence-electron chi connectivity index (χ2n) is 4.12. The van der Waals surface area contributed by atoms with E-state index in [2.05, 4.69) is 12.2 Å². The number of rotatable bonds is 6. The van der Waals surface area contributed by atoms with Crippen LogP contribution in [0.4, 0.5) is 0 Å². The van der Waals surface area contributed by atoms with Gasteiger partial charge in [0.2, 0.25) is 5.91 Å². The third-order valence-electron chi connectivity index (χ3n) is 2.87. The number of carbonyl (C=O) groups is 1. The molecule has 1 aliphatic carbocycles. The lowest BCUT2D eigenvalue weighted by Gasteiger charge is -2.28. The Morgan fingerprint density at radius 2 is 2.07 bits per heavy atom. The molecule has 0 aromatic carbocycles. The molecular formula is C11H22N2O2. The molecule has 4 nitrogen and oxygen atoms in total. The van der Waals surface area contributed by atoms with Gasteiger partial charge in [0.15, 0.2) is 0 Å². The van der Waals surface area contributed by atoms with Crippen LogP contribution in [0.1, 0.15) is 39.0 Å². The molecule has 15 heavy (non-hydrogen) atoms. The molecule has 1 amide bonds. The molecule has 0 saturated heterocycles. The Balaban J connectivity index is 2.06. The van der Waals surface area contributed by atoms with Gasteiger partial charge in [0.25, 0.3) is 0 Å². The van der Waals surface area contributed by atoms with E-state index in [1.807, 2.05) is 0 Å². The maximum Gasteiger partial charge on any atom is 0.219 e. The summed E-state index contributed by atoms with van der Waals surface area (Å²) >= 11 is 0. The first-order chi connectivity index (χ1) is 7.22. The Morgan fingerprint density at radius 1 is 1.40 bits per heavy atom. The standard InChI is InChI=1S/C11H22N2O2/c1-2-13-9-3-5-10(6-4-9)15-8-7-11(12)14/h9-10,13H,2-8H2,1H3,(H2,12,14). The van der Waals surface area contributed by atoms with E-state index < -0.39 is 0 Å². The predicted octanol–water partition coefficient (Wildman–Crippen LogP) is 0.799. The van der Waals surface area contributed by atoms with Crippen molar-refractivity contribution in [2.45, 2.75) is 51.2 Å². The van der Waals surface area contributed by atoms with Gasteiger partial charge in [-0.25, -0.2) is 0 Å². The molecule has 0 atom stereocenters. The van der Waals surface area contributed by atoms with Crippen molar-refractivity contribution in [3.8, 4) is 0 Å². The second-order valence-corrected chi connectivity index (χ2v) is 4.12. The van der Waals surface area contributed by atoms with Gasteiger partial charge in [-0.2, -0.15) is 0 Å². The first kappa shape index (κ1) is 12.5. The van der Waals surface area contributed by atoms with E-state index in [1.165, 1.54) is 12.8 Å². The Labute approximate surface area is 91.5 Å². The summed E-state index contributed by atoms with van der Waals surface area (Å²) in [4.78, 5) is 10.5. The summed E-state index contributed by atoms with van der Waals surface area (Å²) in [5.41, 5.74) is 5.04. The van der Waals surface area contributed by atoms with Crippen molar-refractivity contribution in [2.24, 2.45) is 5.73 Å². The van der Waals surface area contributed by atoms with Gasteiger partial charge >= 0.3 is 0 Å². The van der Waals surface area contributed by atoms with Crippen LogP contribution >= 0.6 is 0 Å². The van der Waals surface area contributed by atoms with Crippen LogP contribution < -0.4 is 11.1 Å². The van der Waals surface area contributed by atoms with Crippen molar-refractivity contribution in [3.63, 3.8) is 0 Å². The Kier molecular flexibility index (Phi) is 5.65. The van der Waals surface area contributed by atoms with Gasteiger partial charge in [0, 0.05) is 12.5 Å². The maximum absolute atomic E-state index is 10.5. The summed E-state index contributed by atoms with van der Waals surface area (Å²) in [6.45, 7) is 3.65. The number of ether oxygens (including phenoxy) is 1. The van der Waals surface area contributed by atoms with Gasteiger partial charge in [-0.3, -0.25) is 4.79 Å². The van der Waals surface area contributed by atoms with Gasteiger partial charge in [-0.05, 0) is 32.2 Å². The lowest BCUT2D eigenvalue weighted by Crippen LogP contribution is -2.35. The zero-order chi connectivity index (χ0) is 11.1. The molecule has 0 spiro atoms. The van der Waals surface area contributed by atoms with Crippen LogP contribution in [0.3, 0.4) is 0 Å². The molecule has 0 aromatic rings. The Morgan fingerprint density at radius 3 is 2.60 bits per heavy atom. The maximum atomic E-state index is 10.5. The zero-order valence-corrected chi connectivity index (χ0v) is 9.50. The molecule has 88 valence electrons. The van der Waals surface area contributed by atoms with Gasteiger partial charge in [-0.1, -0.05) is 6.92 Å². The minimum Gasteiger partial charge on any atom is -0.378 e. The number of primary amides is 1. The number of nitrogens with one attached hydrogen (secondary N) is 1. The quantitative estimate of drug-likeness (QED) is 0.687. The highest BCUT2D eigenvalue weighted by molar-refractivity contribution is 5.73. The van der Waals surface area contributed by atoms with E-state index >= 15 is 0 Å². The summed E-state index contributed by atoms with van der Waals surface area (Å²) in [5, 5.41) is 3.45. The predicted molar refractivity (Wildman–Crippen MR) is 59.5 cm³/mol. The van der Waals surface area contributed by atoms with Crippen molar-refractivity contribution in [1.29, 1.82) is 0 Å². The lowest BCUT2D eigenvalue weighted by molar-refractivity contribution is -0.119. The summed E-state index contributed by atoms with van der Waals surface area (Å²) in [7, 11) is 0. The highest BCUT2D eigenvalue weighted by Crippen LogP contribution is 2.21. The van der Waals surface area contributed by atoms with Crippen LogP contribution in [0.15, 0.2) is 0 Å². The molecular weight excluding hydrogens is 192 g/mol. The minimum atomic E-state index is -0.281. The third kappa shape index (κ3) is 5.14. The number of amides is 1. The smallest absolute Gasteiger partial charge is 0.219 e. The largest absolute Gasteiger partial charge is 0.378 e. The highest BCUT2D eigenvalue weighted by atomic mass is 16.5. The van der Waals surface area contributed by atoms with Crippen molar-refractivity contribution in [2.75, 3.05) is 13.2 Å². The van der Waals surface area contributed by atoms with Crippen LogP contribution in [0, 0.1) is 0 Å². The average Bonchev–Trinajstić information content (AvgIpc) is 2.20. The summed E-state index contributed by atoms with van der Waals surface area (Å²) in [6.07, 6.45) is 5.21. The van der Waals surface area contributed by atoms with Crippen molar-refractivity contribution < 1.29 is 9.53 Å². The summed E-state index contributed by atoms with van der Waals surface area (Å²) < 4.78 is 5.59. The van der Waals surface area contributed by atoms with Crippen LogP contribution in [-0.2, 0) is 9.53 Å². The lowest BCUT2D eigenvalue weighted by atomic mass is 9.93. The number of hydrogen-bond acceptors (Lipinski definition) is 3. The van der Waals surface area contributed by atoms with Crippen LogP contribution in [-0.4, -0.2) is 31.2 Å². The van der Waals surface area contributed by atoms with E-state index in [4.69, 9.17) is 10.5 Å². The fraction of sp³-hybridized carbons (Fsp3) is 0.909. The molecule has 0 aromatic heterocycles. The normalized spacial score (nSPS) is 26.5. The van der Waals surface area contributed by atoms with E-state index in [1.54, 1.807) is 0 Å². The molecule has 4 heteroatoms. The second kappa shape index (κ2) is 6.80. The highest BCUT2D eigenvalue weighted by Gasteiger charge is 2.20. The fourth-order valence-corrected chi connectivity index (χ4v) is 2.05. The molecule has 1 aliphatic rings. The van der Waals surface area contributed by atoms with Crippen molar-refractivity contribution in [1.82, 2.24) is 5.32 Å². The van der Waals surface area contributed by atoms with Gasteiger partial charge in [0.05, 0.1) is 12.7 Å². The molecule has 0 radical (unpaired) electrons. The van der Waals surface area contributed by atoms with Gasteiger partial charge in [0.1, 0.15) is 0 Å². The van der Waals surface area contributed by atoms with E-state index in [9.17, 15) is 4.79 Å². The number of hydrogen-bond donors (Lipinski definition) is 2. The van der Waals surface area contributed by atoms with E-state index in [0.29, 0.717) is 25.2 Å². The molecule has 0 aliphatic heterocycles. The monoisotopic (exact) mass is 214 g/mol. The van der Waals surface area contributed by atoms with Gasteiger partial charge < -0.3 is 15.8 Å². The van der Waals surface area contributed by atoms with Gasteiger partial charge in [-0.15, -0.1) is 0 Å². The molecule has 1 fully saturated rings. The topological polar surface area (TPSA) is 64.3 Å². The molecule has 1 rings (SSSR count). The first-order valence-electron chi connectivity index (χ1n) is 5.85. The zero-order valence-electron chi connectivity index (χ0n) is 9.50. The molecule has 1 saturated carbocycles. The molecule has 0 heterocycles. The third-order valence-corrected chi connectivity index (χ3v) is 2.87. The molecule has 0 unspecified atom stereocenters. The Bertz CT molecular complexity index is 189. The van der Waals surface area contributed by atoms with Crippen LogP contribution in [0.2, 0.25) is 0 Å². The Hall–Kier alpha value is -0.610. The number of carbonyl (C=O) groups excluding carboxylic acids is 1. The SMILES string of the molecule is CCNC1CCC(OCCC(N)=O)CC1. The number of nitrogens with two attached hydrogens (primary N) is 1. The fourth-order valence-electron chi connectivity index (χ4n) is 2.05. The summed E-state index contributed by atoms with van der Waals surface area (Å²) in [5.74, 6) is -0.281.